The van der Waals surface area contributed by atoms with Crippen LogP contribution in [0, 0.1) is 6.92 Å². The third-order valence-electron chi connectivity index (χ3n) is 2.46. The van der Waals surface area contributed by atoms with Gasteiger partial charge in [0.05, 0.1) is 5.69 Å². The first-order chi connectivity index (χ1) is 10.3. The molecule has 0 aliphatic rings. The Morgan fingerprint density at radius 2 is 1.48 bits per heavy atom. The van der Waals surface area contributed by atoms with Crippen molar-refractivity contribution in [3.05, 3.63) is 22.4 Å². The quantitative estimate of drug-likeness (QED) is 0.646. The van der Waals surface area contributed by atoms with Gasteiger partial charge in [-0.25, -0.2) is 14.6 Å². The molecule has 0 atom stereocenters. The molecule has 1 aromatic heterocycles. The van der Waals surface area contributed by atoms with Crippen LogP contribution in [0.2, 0.25) is 0 Å². The van der Waals surface area contributed by atoms with Crippen molar-refractivity contribution in [3.8, 4) is 0 Å². The Morgan fingerprint density at radius 3 is 1.83 bits per heavy atom. The van der Waals surface area contributed by atoms with E-state index in [-0.39, 0.29) is 0 Å². The number of nitrogens with zero attached hydrogens (tertiary/aromatic N) is 2. The second kappa shape index (κ2) is 6.86. The van der Waals surface area contributed by atoms with Crippen LogP contribution in [0.4, 0.5) is 15.3 Å². The fraction of sp³-hybridized carbons (Fsp3) is 0.562. The molecule has 0 N–H and O–H groups in total. The fourth-order valence-electron chi connectivity index (χ4n) is 1.66. The highest BCUT2D eigenvalue weighted by atomic mass is 79.9. The smallest absolute Gasteiger partial charge is 0.424 e. The number of halogens is 1. The molecule has 7 heteroatoms. The van der Waals surface area contributed by atoms with Crippen LogP contribution in [0.3, 0.4) is 0 Å². The summed E-state index contributed by atoms with van der Waals surface area (Å²) in [7, 11) is 0. The topological polar surface area (TPSA) is 68.7 Å². The van der Waals surface area contributed by atoms with Gasteiger partial charge in [-0.3, -0.25) is 0 Å². The van der Waals surface area contributed by atoms with E-state index in [9.17, 15) is 9.59 Å². The predicted octanol–water partition coefficient (Wildman–Crippen LogP) is 4.83. The summed E-state index contributed by atoms with van der Waals surface area (Å²) in [6.45, 7) is 12.1. The molecule has 0 aliphatic heterocycles. The minimum absolute atomic E-state index is 0.302. The largest absolute Gasteiger partial charge is 0.443 e. The highest BCUT2D eigenvalue weighted by Crippen LogP contribution is 2.30. The van der Waals surface area contributed by atoms with E-state index >= 15 is 0 Å². The molecule has 0 bridgehead atoms. The molecule has 0 aliphatic carbocycles. The average molecular weight is 387 g/mol. The van der Waals surface area contributed by atoms with Gasteiger partial charge in [-0.05, 0) is 76.0 Å². The maximum absolute atomic E-state index is 12.5. The molecule has 0 saturated carbocycles. The summed E-state index contributed by atoms with van der Waals surface area (Å²) in [5, 5.41) is 0. The summed E-state index contributed by atoms with van der Waals surface area (Å²) < 4.78 is 11.0. The number of amides is 2. The standard InChI is InChI=1S/C16H23BrN2O4/c1-10-8-9-18-12(17)11(10)19(13(20)22-15(2,3)4)14(21)23-16(5,6)7/h8-9H,1-7H3. The second-order valence-corrected chi connectivity index (χ2v) is 7.81. The number of aromatic nitrogens is 1. The van der Waals surface area contributed by atoms with E-state index < -0.39 is 23.4 Å². The van der Waals surface area contributed by atoms with Crippen molar-refractivity contribution in [3.63, 3.8) is 0 Å². The Morgan fingerprint density at radius 1 is 1.04 bits per heavy atom. The van der Waals surface area contributed by atoms with Crippen LogP contribution in [0.15, 0.2) is 16.9 Å². The average Bonchev–Trinajstić information content (AvgIpc) is 2.28. The Labute approximate surface area is 145 Å². The van der Waals surface area contributed by atoms with Gasteiger partial charge in [0.15, 0.2) is 0 Å². The van der Waals surface area contributed by atoms with Crippen LogP contribution in [0.1, 0.15) is 47.1 Å². The molecule has 0 aromatic carbocycles. The monoisotopic (exact) mass is 386 g/mol. The van der Waals surface area contributed by atoms with Crippen molar-refractivity contribution in [1.82, 2.24) is 4.98 Å². The molecule has 0 fully saturated rings. The normalized spacial score (nSPS) is 11.8. The van der Waals surface area contributed by atoms with E-state index in [1.807, 2.05) is 0 Å². The summed E-state index contributed by atoms with van der Waals surface area (Å²) in [5.41, 5.74) is -0.514. The molecule has 1 rings (SSSR count). The lowest BCUT2D eigenvalue weighted by Crippen LogP contribution is -2.44. The third kappa shape index (κ3) is 5.82. The van der Waals surface area contributed by atoms with Gasteiger partial charge in [0.25, 0.3) is 0 Å². The number of hydrogen-bond acceptors (Lipinski definition) is 5. The molecule has 0 spiro atoms. The zero-order valence-electron chi connectivity index (χ0n) is 14.6. The lowest BCUT2D eigenvalue weighted by atomic mass is 10.2. The van der Waals surface area contributed by atoms with Crippen LogP contribution < -0.4 is 4.90 Å². The first kappa shape index (κ1) is 19.4. The summed E-state index contributed by atoms with van der Waals surface area (Å²) in [4.78, 5) is 30.0. The van der Waals surface area contributed by atoms with Crippen LogP contribution in [-0.4, -0.2) is 28.4 Å². The van der Waals surface area contributed by atoms with Crippen molar-refractivity contribution in [1.29, 1.82) is 0 Å². The van der Waals surface area contributed by atoms with Crippen LogP contribution in [-0.2, 0) is 9.47 Å². The Bertz CT molecular complexity index is 555. The minimum atomic E-state index is -0.816. The van der Waals surface area contributed by atoms with E-state index in [1.165, 1.54) is 0 Å². The van der Waals surface area contributed by atoms with Crippen LogP contribution in [0.25, 0.3) is 0 Å². The fourth-order valence-corrected chi connectivity index (χ4v) is 2.27. The van der Waals surface area contributed by atoms with Gasteiger partial charge < -0.3 is 9.47 Å². The number of anilines is 1. The number of rotatable bonds is 1. The lowest BCUT2D eigenvalue weighted by molar-refractivity contribution is 0.0430. The molecule has 2 amide bonds. The summed E-state index contributed by atoms with van der Waals surface area (Å²) in [6.07, 6.45) is -0.0576. The van der Waals surface area contributed by atoms with Crippen molar-refractivity contribution < 1.29 is 19.1 Å². The molecular weight excluding hydrogens is 364 g/mol. The summed E-state index contributed by atoms with van der Waals surface area (Å²) in [5.74, 6) is 0. The van der Waals surface area contributed by atoms with Crippen molar-refractivity contribution in [2.75, 3.05) is 4.90 Å². The van der Waals surface area contributed by atoms with Gasteiger partial charge in [-0.2, -0.15) is 4.90 Å². The Hall–Kier alpha value is -1.63. The zero-order valence-corrected chi connectivity index (χ0v) is 16.1. The number of pyridine rings is 1. The SMILES string of the molecule is Cc1ccnc(Br)c1N(C(=O)OC(C)(C)C)C(=O)OC(C)(C)C. The molecule has 1 heterocycles. The number of carbonyl (C=O) groups is 2. The van der Waals surface area contributed by atoms with E-state index in [0.29, 0.717) is 15.9 Å². The Kier molecular flexibility index (Phi) is 5.79. The van der Waals surface area contributed by atoms with Crippen LogP contribution >= 0.6 is 15.9 Å². The highest BCUT2D eigenvalue weighted by Gasteiger charge is 2.34. The number of ether oxygens (including phenoxy) is 2. The van der Waals surface area contributed by atoms with Crippen molar-refractivity contribution in [2.24, 2.45) is 0 Å². The van der Waals surface area contributed by atoms with Gasteiger partial charge >= 0.3 is 12.2 Å². The van der Waals surface area contributed by atoms with E-state index in [0.717, 1.165) is 4.90 Å². The number of imide groups is 1. The maximum atomic E-state index is 12.5. The second-order valence-electron chi connectivity index (χ2n) is 7.06. The summed E-state index contributed by atoms with van der Waals surface area (Å²) >= 11 is 3.28. The molecule has 128 valence electrons. The molecule has 23 heavy (non-hydrogen) atoms. The highest BCUT2D eigenvalue weighted by molar-refractivity contribution is 9.10. The first-order valence-electron chi connectivity index (χ1n) is 7.19. The van der Waals surface area contributed by atoms with E-state index in [2.05, 4.69) is 20.9 Å². The first-order valence-corrected chi connectivity index (χ1v) is 7.98. The molecule has 6 nitrogen and oxygen atoms in total. The third-order valence-corrected chi connectivity index (χ3v) is 3.04. The number of carbonyl (C=O) groups excluding carboxylic acids is 2. The van der Waals surface area contributed by atoms with Gasteiger partial charge in [-0.1, -0.05) is 0 Å². The predicted molar refractivity (Wildman–Crippen MR) is 91.6 cm³/mol. The Balaban J connectivity index is 3.32. The number of hydrogen-bond donors (Lipinski definition) is 0. The van der Waals surface area contributed by atoms with Gasteiger partial charge in [0.2, 0.25) is 0 Å². The van der Waals surface area contributed by atoms with E-state index in [4.69, 9.17) is 9.47 Å². The molecule has 1 aromatic rings. The number of aryl methyl sites for hydroxylation is 1. The van der Waals surface area contributed by atoms with Crippen molar-refractivity contribution in [2.45, 2.75) is 59.7 Å². The van der Waals surface area contributed by atoms with E-state index in [1.54, 1.807) is 60.7 Å². The van der Waals surface area contributed by atoms with Gasteiger partial charge in [-0.15, -0.1) is 0 Å². The maximum Gasteiger partial charge on any atom is 0.424 e. The minimum Gasteiger partial charge on any atom is -0.443 e. The zero-order chi connectivity index (χ0) is 18.0. The lowest BCUT2D eigenvalue weighted by Gasteiger charge is -2.29. The van der Waals surface area contributed by atoms with Gasteiger partial charge in [0.1, 0.15) is 15.8 Å². The van der Waals surface area contributed by atoms with Crippen LogP contribution in [0.5, 0.6) is 0 Å². The molecular formula is C16H23BrN2O4. The molecule has 0 unspecified atom stereocenters. The van der Waals surface area contributed by atoms with Gasteiger partial charge in [0, 0.05) is 6.20 Å². The molecule has 0 radical (unpaired) electrons. The molecule has 0 saturated heterocycles. The van der Waals surface area contributed by atoms with Crippen molar-refractivity contribution >= 4 is 33.8 Å². The summed E-state index contributed by atoms with van der Waals surface area (Å²) in [6, 6.07) is 1.70.